The number of para-hydroxylation sites is 2. The molecule has 0 aromatic heterocycles. The average molecular weight is 361 g/mol. The van der Waals surface area contributed by atoms with Gasteiger partial charge in [-0.3, -0.25) is 9.69 Å². The number of benzene rings is 2. The molecular formula is C19H21F2N3O2. The normalized spacial score (nSPS) is 16.3. The van der Waals surface area contributed by atoms with Gasteiger partial charge in [-0.25, -0.2) is 8.78 Å². The van der Waals surface area contributed by atoms with E-state index in [-0.39, 0.29) is 17.3 Å². The number of halogens is 2. The zero-order valence-electron chi connectivity index (χ0n) is 14.5. The second kappa shape index (κ2) is 7.70. The summed E-state index contributed by atoms with van der Waals surface area (Å²) in [5.74, 6) is -1.59. The summed E-state index contributed by atoms with van der Waals surface area (Å²) in [5.41, 5.74) is 0.744. The highest BCUT2D eigenvalue weighted by Crippen LogP contribution is 2.27. The minimum absolute atomic E-state index is 0.0314. The largest absolute Gasteiger partial charge is 0.506 e. The molecule has 1 fully saturated rings. The maximum Gasteiger partial charge on any atom is 0.241 e. The molecule has 5 nitrogen and oxygen atoms in total. The van der Waals surface area contributed by atoms with Gasteiger partial charge >= 0.3 is 0 Å². The molecule has 1 atom stereocenters. The molecule has 1 aliphatic rings. The number of nitrogens with one attached hydrogen (secondary N) is 1. The van der Waals surface area contributed by atoms with Crippen LogP contribution in [0.3, 0.4) is 0 Å². The van der Waals surface area contributed by atoms with Crippen LogP contribution in [0.25, 0.3) is 0 Å². The fourth-order valence-corrected chi connectivity index (χ4v) is 3.08. The van der Waals surface area contributed by atoms with Crippen LogP contribution in [0.15, 0.2) is 42.5 Å². The van der Waals surface area contributed by atoms with Gasteiger partial charge in [0, 0.05) is 32.2 Å². The molecule has 3 rings (SSSR count). The molecule has 26 heavy (non-hydrogen) atoms. The molecule has 1 amide bonds. The van der Waals surface area contributed by atoms with Crippen LogP contribution in [0.1, 0.15) is 6.92 Å². The maximum absolute atomic E-state index is 13.7. The summed E-state index contributed by atoms with van der Waals surface area (Å²) in [6.45, 7) is 4.36. The van der Waals surface area contributed by atoms with E-state index in [1.807, 2.05) is 17.0 Å². The smallest absolute Gasteiger partial charge is 0.241 e. The van der Waals surface area contributed by atoms with Gasteiger partial charge in [-0.1, -0.05) is 12.1 Å². The number of amides is 1. The lowest BCUT2D eigenvalue weighted by Gasteiger charge is -2.38. The Labute approximate surface area is 150 Å². The quantitative estimate of drug-likeness (QED) is 0.879. The molecule has 0 saturated carbocycles. The minimum atomic E-state index is -0.796. The van der Waals surface area contributed by atoms with Crippen molar-refractivity contribution in [3.8, 4) is 5.75 Å². The van der Waals surface area contributed by atoms with Gasteiger partial charge in [-0.05, 0) is 31.2 Å². The van der Waals surface area contributed by atoms with E-state index in [1.165, 1.54) is 6.07 Å². The van der Waals surface area contributed by atoms with Crippen LogP contribution in [0.4, 0.5) is 20.2 Å². The van der Waals surface area contributed by atoms with Crippen LogP contribution in [0.2, 0.25) is 0 Å². The highest BCUT2D eigenvalue weighted by Gasteiger charge is 2.26. The van der Waals surface area contributed by atoms with Gasteiger partial charge in [-0.2, -0.15) is 0 Å². The van der Waals surface area contributed by atoms with Gasteiger partial charge < -0.3 is 15.3 Å². The number of rotatable bonds is 4. The van der Waals surface area contributed by atoms with Crippen molar-refractivity contribution < 1.29 is 18.7 Å². The molecule has 0 spiro atoms. The maximum atomic E-state index is 13.7. The van der Waals surface area contributed by atoms with Crippen LogP contribution in [0.5, 0.6) is 5.75 Å². The number of piperazine rings is 1. The van der Waals surface area contributed by atoms with Crippen molar-refractivity contribution in [2.45, 2.75) is 13.0 Å². The second-order valence-electron chi connectivity index (χ2n) is 6.30. The van der Waals surface area contributed by atoms with Crippen LogP contribution in [-0.4, -0.2) is 48.1 Å². The topological polar surface area (TPSA) is 55.8 Å². The Hall–Kier alpha value is -2.67. The summed E-state index contributed by atoms with van der Waals surface area (Å²) in [6, 6.07) is 9.76. The van der Waals surface area contributed by atoms with Gasteiger partial charge in [-0.15, -0.1) is 0 Å². The Bertz CT molecular complexity index is 792. The number of carbonyl (C=O) groups excluding carboxylic acids is 1. The summed E-state index contributed by atoms with van der Waals surface area (Å²) in [5, 5.41) is 12.5. The van der Waals surface area contributed by atoms with Gasteiger partial charge in [0.2, 0.25) is 5.91 Å². The first-order valence-corrected chi connectivity index (χ1v) is 8.48. The Morgan fingerprint density at radius 2 is 1.81 bits per heavy atom. The van der Waals surface area contributed by atoms with E-state index in [1.54, 1.807) is 19.1 Å². The minimum Gasteiger partial charge on any atom is -0.506 e. The molecule has 7 heteroatoms. The molecule has 0 unspecified atom stereocenters. The number of hydrogen-bond acceptors (Lipinski definition) is 4. The standard InChI is InChI=1S/C19H21F2N3O2/c1-13(19(26)22-16-7-6-14(20)12-15(16)21)23-8-10-24(11-9-23)17-4-2-3-5-18(17)25/h2-7,12-13,25H,8-11H2,1H3,(H,22,26)/t13-/m1/s1. The van der Waals surface area contributed by atoms with E-state index in [2.05, 4.69) is 10.2 Å². The lowest BCUT2D eigenvalue weighted by atomic mass is 10.2. The van der Waals surface area contributed by atoms with Crippen molar-refractivity contribution in [2.75, 3.05) is 36.4 Å². The zero-order valence-corrected chi connectivity index (χ0v) is 14.5. The van der Waals surface area contributed by atoms with Gasteiger partial charge in [0.05, 0.1) is 17.4 Å². The van der Waals surface area contributed by atoms with Gasteiger partial charge in [0.15, 0.2) is 0 Å². The average Bonchev–Trinajstić information content (AvgIpc) is 2.64. The number of carbonyl (C=O) groups is 1. The Morgan fingerprint density at radius 1 is 1.12 bits per heavy atom. The number of phenolic OH excluding ortho intramolecular Hbond substituents is 1. The van der Waals surface area contributed by atoms with Crippen LogP contribution >= 0.6 is 0 Å². The van der Waals surface area contributed by atoms with E-state index >= 15 is 0 Å². The van der Waals surface area contributed by atoms with Crippen LogP contribution < -0.4 is 10.2 Å². The number of phenols is 1. The molecule has 0 bridgehead atoms. The molecule has 1 saturated heterocycles. The molecular weight excluding hydrogens is 340 g/mol. The third-order valence-corrected chi connectivity index (χ3v) is 4.65. The Kier molecular flexibility index (Phi) is 5.37. The number of aromatic hydroxyl groups is 1. The van der Waals surface area contributed by atoms with Crippen molar-refractivity contribution in [3.63, 3.8) is 0 Å². The van der Waals surface area contributed by atoms with Crippen molar-refractivity contribution in [2.24, 2.45) is 0 Å². The number of nitrogens with zero attached hydrogens (tertiary/aromatic N) is 2. The summed E-state index contributed by atoms with van der Waals surface area (Å²) in [7, 11) is 0. The number of anilines is 2. The highest BCUT2D eigenvalue weighted by atomic mass is 19.1. The molecule has 2 aromatic carbocycles. The lowest BCUT2D eigenvalue weighted by Crippen LogP contribution is -2.52. The monoisotopic (exact) mass is 361 g/mol. The SMILES string of the molecule is C[C@H](C(=O)Nc1ccc(F)cc1F)N1CCN(c2ccccc2O)CC1. The van der Waals surface area contributed by atoms with Gasteiger partial charge in [0.25, 0.3) is 0 Å². The zero-order chi connectivity index (χ0) is 18.7. The first-order chi connectivity index (χ1) is 12.5. The summed E-state index contributed by atoms with van der Waals surface area (Å²) in [4.78, 5) is 16.4. The Balaban J connectivity index is 1.58. The van der Waals surface area contributed by atoms with Gasteiger partial charge in [0.1, 0.15) is 17.4 Å². The van der Waals surface area contributed by atoms with Crippen LogP contribution in [0, 0.1) is 11.6 Å². The van der Waals surface area contributed by atoms with Crippen molar-refractivity contribution >= 4 is 17.3 Å². The van der Waals surface area contributed by atoms with E-state index in [0.717, 1.165) is 17.8 Å². The fraction of sp³-hybridized carbons (Fsp3) is 0.316. The highest BCUT2D eigenvalue weighted by molar-refractivity contribution is 5.94. The van der Waals surface area contributed by atoms with Crippen molar-refractivity contribution in [1.29, 1.82) is 0 Å². The molecule has 138 valence electrons. The fourth-order valence-electron chi connectivity index (χ4n) is 3.08. The van der Waals surface area contributed by atoms with E-state index in [4.69, 9.17) is 0 Å². The van der Waals surface area contributed by atoms with Crippen molar-refractivity contribution in [1.82, 2.24) is 4.90 Å². The first kappa shape index (κ1) is 18.1. The molecule has 0 radical (unpaired) electrons. The molecule has 1 heterocycles. The molecule has 0 aliphatic carbocycles. The molecule has 2 N–H and O–H groups in total. The van der Waals surface area contributed by atoms with E-state index < -0.39 is 17.7 Å². The first-order valence-electron chi connectivity index (χ1n) is 8.48. The predicted octanol–water partition coefficient (Wildman–Crippen LogP) is 2.82. The molecule has 2 aromatic rings. The predicted molar refractivity (Wildman–Crippen MR) is 96.3 cm³/mol. The molecule has 1 aliphatic heterocycles. The lowest BCUT2D eigenvalue weighted by molar-refractivity contribution is -0.120. The van der Waals surface area contributed by atoms with Crippen LogP contribution in [-0.2, 0) is 4.79 Å². The number of hydrogen-bond donors (Lipinski definition) is 2. The summed E-state index contributed by atoms with van der Waals surface area (Å²) in [6.07, 6.45) is 0. The third-order valence-electron chi connectivity index (χ3n) is 4.65. The summed E-state index contributed by atoms with van der Waals surface area (Å²) >= 11 is 0. The second-order valence-corrected chi connectivity index (χ2v) is 6.30. The third kappa shape index (κ3) is 3.94. The van der Waals surface area contributed by atoms with E-state index in [9.17, 15) is 18.7 Å². The van der Waals surface area contributed by atoms with Crippen molar-refractivity contribution in [3.05, 3.63) is 54.1 Å². The van der Waals surface area contributed by atoms with E-state index in [0.29, 0.717) is 26.2 Å². The summed E-state index contributed by atoms with van der Waals surface area (Å²) < 4.78 is 26.7. The Morgan fingerprint density at radius 3 is 2.46 bits per heavy atom.